The molecule has 1 amide bonds. The Kier molecular flexibility index (Phi) is 9.16. The number of nitrogens with two attached hydrogens (primary N) is 1. The average molecular weight is 320 g/mol. The van der Waals surface area contributed by atoms with Gasteiger partial charge in [-0.2, -0.15) is 0 Å². The zero-order valence-corrected chi connectivity index (χ0v) is 13.4. The molecule has 0 heterocycles. The molecule has 0 aliphatic rings. The van der Waals surface area contributed by atoms with E-state index in [0.29, 0.717) is 13.0 Å². The van der Waals surface area contributed by atoms with Crippen LogP contribution in [0.3, 0.4) is 0 Å². The molecule has 23 heavy (non-hydrogen) atoms. The molecular formula is C17H24N2O4. The maximum atomic E-state index is 11.0. The molecular weight excluding hydrogens is 296 g/mol. The van der Waals surface area contributed by atoms with Crippen LogP contribution in [0.15, 0.2) is 30.3 Å². The predicted molar refractivity (Wildman–Crippen MR) is 88.4 cm³/mol. The zero-order valence-electron chi connectivity index (χ0n) is 13.4. The third-order valence-electron chi connectivity index (χ3n) is 3.22. The highest BCUT2D eigenvalue weighted by Gasteiger charge is 1.98. The molecule has 0 atom stereocenters. The van der Waals surface area contributed by atoms with Gasteiger partial charge in [-0.15, -0.1) is 0 Å². The van der Waals surface area contributed by atoms with Gasteiger partial charge in [0, 0.05) is 12.5 Å². The molecule has 0 fully saturated rings. The Labute approximate surface area is 136 Å². The Balaban J connectivity index is 2.17. The van der Waals surface area contributed by atoms with Crippen LogP contribution in [0.25, 0.3) is 6.08 Å². The maximum absolute atomic E-state index is 11.0. The summed E-state index contributed by atoms with van der Waals surface area (Å²) in [4.78, 5) is 21.9. The number of methoxy groups -OCH3 is 1. The first-order chi connectivity index (χ1) is 11.2. The van der Waals surface area contributed by atoms with Gasteiger partial charge < -0.3 is 9.47 Å². The Morgan fingerprint density at radius 1 is 1.13 bits per heavy atom. The van der Waals surface area contributed by atoms with Gasteiger partial charge in [0.05, 0.1) is 13.7 Å². The molecule has 0 unspecified atom stereocenters. The summed E-state index contributed by atoms with van der Waals surface area (Å²) in [6.07, 6.45) is 7.30. The molecule has 1 aromatic rings. The van der Waals surface area contributed by atoms with Gasteiger partial charge in [-0.25, -0.2) is 10.6 Å². The normalized spacial score (nSPS) is 10.5. The van der Waals surface area contributed by atoms with E-state index in [2.05, 4.69) is 10.2 Å². The van der Waals surface area contributed by atoms with E-state index in [1.54, 1.807) is 6.08 Å². The van der Waals surface area contributed by atoms with Crippen molar-refractivity contribution in [2.75, 3.05) is 13.7 Å². The van der Waals surface area contributed by atoms with E-state index < -0.39 is 0 Å². The van der Waals surface area contributed by atoms with E-state index in [0.717, 1.165) is 37.0 Å². The third kappa shape index (κ3) is 8.63. The number of carbonyl (C=O) groups excluding carboxylic acids is 2. The van der Waals surface area contributed by atoms with Crippen LogP contribution < -0.4 is 16.0 Å². The van der Waals surface area contributed by atoms with Crippen LogP contribution in [-0.4, -0.2) is 25.6 Å². The van der Waals surface area contributed by atoms with Crippen molar-refractivity contribution in [2.24, 2.45) is 5.84 Å². The number of esters is 1. The summed E-state index contributed by atoms with van der Waals surface area (Å²) in [6.45, 7) is 0.639. The van der Waals surface area contributed by atoms with Gasteiger partial charge in [-0.3, -0.25) is 10.2 Å². The Morgan fingerprint density at radius 2 is 1.83 bits per heavy atom. The maximum Gasteiger partial charge on any atom is 0.330 e. The fourth-order valence-corrected chi connectivity index (χ4v) is 1.91. The van der Waals surface area contributed by atoms with Gasteiger partial charge in [-0.05, 0) is 36.6 Å². The molecule has 0 aliphatic heterocycles. The minimum atomic E-state index is -0.380. The number of rotatable bonds is 10. The molecule has 0 spiro atoms. The largest absolute Gasteiger partial charge is 0.494 e. The van der Waals surface area contributed by atoms with Crippen LogP contribution in [0.2, 0.25) is 0 Å². The minimum Gasteiger partial charge on any atom is -0.494 e. The van der Waals surface area contributed by atoms with E-state index in [9.17, 15) is 9.59 Å². The first kappa shape index (κ1) is 18.7. The van der Waals surface area contributed by atoms with Crippen LogP contribution in [-0.2, 0) is 14.3 Å². The summed E-state index contributed by atoms with van der Waals surface area (Å²) in [5.41, 5.74) is 3.02. The number of amides is 1. The summed E-state index contributed by atoms with van der Waals surface area (Å²) in [7, 11) is 1.34. The van der Waals surface area contributed by atoms with Gasteiger partial charge in [-0.1, -0.05) is 25.0 Å². The summed E-state index contributed by atoms with van der Waals surface area (Å²) in [5, 5.41) is 0. The van der Waals surface area contributed by atoms with Gasteiger partial charge in [0.15, 0.2) is 0 Å². The van der Waals surface area contributed by atoms with Crippen molar-refractivity contribution in [2.45, 2.75) is 32.1 Å². The highest BCUT2D eigenvalue weighted by molar-refractivity contribution is 5.86. The van der Waals surface area contributed by atoms with Crippen molar-refractivity contribution in [1.82, 2.24) is 5.43 Å². The number of hydrogen-bond acceptors (Lipinski definition) is 5. The second-order valence-electron chi connectivity index (χ2n) is 5.01. The molecule has 1 aromatic carbocycles. The highest BCUT2D eigenvalue weighted by Crippen LogP contribution is 2.14. The van der Waals surface area contributed by atoms with Crippen LogP contribution in [0.4, 0.5) is 0 Å². The number of unbranched alkanes of at least 4 members (excludes halogenated alkanes) is 3. The van der Waals surface area contributed by atoms with Gasteiger partial charge in [0.2, 0.25) is 5.91 Å². The van der Waals surface area contributed by atoms with Gasteiger partial charge in [0.25, 0.3) is 0 Å². The summed E-state index contributed by atoms with van der Waals surface area (Å²) in [6, 6.07) is 7.48. The average Bonchev–Trinajstić information content (AvgIpc) is 2.59. The number of ether oxygens (including phenoxy) is 2. The quantitative estimate of drug-likeness (QED) is 0.172. The van der Waals surface area contributed by atoms with Crippen molar-refractivity contribution in [3.05, 3.63) is 35.9 Å². The lowest BCUT2D eigenvalue weighted by Gasteiger charge is -2.06. The van der Waals surface area contributed by atoms with Gasteiger partial charge >= 0.3 is 5.97 Å². The second-order valence-corrected chi connectivity index (χ2v) is 5.01. The lowest BCUT2D eigenvalue weighted by atomic mass is 10.1. The Morgan fingerprint density at radius 3 is 2.48 bits per heavy atom. The molecule has 0 aromatic heterocycles. The third-order valence-corrected chi connectivity index (χ3v) is 3.22. The fourth-order valence-electron chi connectivity index (χ4n) is 1.91. The first-order valence-electron chi connectivity index (χ1n) is 7.64. The first-order valence-corrected chi connectivity index (χ1v) is 7.64. The van der Waals surface area contributed by atoms with Crippen molar-refractivity contribution in [3.8, 4) is 5.75 Å². The lowest BCUT2D eigenvalue weighted by Crippen LogP contribution is -2.29. The van der Waals surface area contributed by atoms with E-state index >= 15 is 0 Å². The molecule has 0 saturated carbocycles. The standard InChI is InChI=1S/C17H24N2O4/c1-22-17(21)12-9-14-7-10-15(11-8-14)23-13-5-3-2-4-6-16(20)19-18/h7-12H,2-6,13,18H2,1H3,(H,19,20). The number of hydrazine groups is 1. The monoisotopic (exact) mass is 320 g/mol. The van der Waals surface area contributed by atoms with Crippen LogP contribution >= 0.6 is 0 Å². The van der Waals surface area contributed by atoms with Gasteiger partial charge in [0.1, 0.15) is 5.75 Å². The molecule has 0 saturated heterocycles. The van der Waals surface area contributed by atoms with Crippen molar-refractivity contribution >= 4 is 18.0 Å². The van der Waals surface area contributed by atoms with E-state index in [-0.39, 0.29) is 11.9 Å². The summed E-state index contributed by atoms with van der Waals surface area (Å²) >= 11 is 0. The van der Waals surface area contributed by atoms with Crippen molar-refractivity contribution in [3.63, 3.8) is 0 Å². The van der Waals surface area contributed by atoms with Crippen molar-refractivity contribution < 1.29 is 19.1 Å². The van der Waals surface area contributed by atoms with E-state index in [4.69, 9.17) is 10.6 Å². The molecule has 6 heteroatoms. The topological polar surface area (TPSA) is 90.6 Å². The molecule has 0 bridgehead atoms. The number of hydrogen-bond donors (Lipinski definition) is 2. The van der Waals surface area contributed by atoms with Crippen molar-refractivity contribution in [1.29, 1.82) is 0 Å². The molecule has 126 valence electrons. The second kappa shape index (κ2) is 11.3. The van der Waals surface area contributed by atoms with Crippen LogP contribution in [0.5, 0.6) is 5.75 Å². The molecule has 0 aliphatic carbocycles. The number of carbonyl (C=O) groups is 2. The smallest absolute Gasteiger partial charge is 0.330 e. The minimum absolute atomic E-state index is 0.123. The van der Waals surface area contributed by atoms with E-state index in [1.165, 1.54) is 13.2 Å². The SMILES string of the molecule is COC(=O)C=Cc1ccc(OCCCCCCC(=O)NN)cc1. The molecule has 6 nitrogen and oxygen atoms in total. The Bertz CT molecular complexity index is 512. The zero-order chi connectivity index (χ0) is 16.9. The lowest BCUT2D eigenvalue weighted by molar-refractivity contribution is -0.134. The number of nitrogens with one attached hydrogen (secondary N) is 1. The van der Waals surface area contributed by atoms with Crippen LogP contribution in [0, 0.1) is 0 Å². The highest BCUT2D eigenvalue weighted by atomic mass is 16.5. The van der Waals surface area contributed by atoms with Crippen LogP contribution in [0.1, 0.15) is 37.7 Å². The predicted octanol–water partition coefficient (Wildman–Crippen LogP) is 2.19. The number of benzene rings is 1. The van der Waals surface area contributed by atoms with E-state index in [1.807, 2.05) is 24.3 Å². The fraction of sp³-hybridized carbons (Fsp3) is 0.412. The Hall–Kier alpha value is -2.34. The molecule has 1 rings (SSSR count). The summed E-state index contributed by atoms with van der Waals surface area (Å²) < 4.78 is 10.2. The molecule has 0 radical (unpaired) electrons. The molecule has 3 N–H and O–H groups in total. The summed E-state index contributed by atoms with van der Waals surface area (Å²) in [5.74, 6) is 5.29.